The van der Waals surface area contributed by atoms with Gasteiger partial charge in [-0.1, -0.05) is 13.3 Å². The molecule has 3 heterocycles. The number of carbonyl (C=O) groups excluding carboxylic acids is 1. The van der Waals surface area contributed by atoms with Crippen LogP contribution in [0.15, 0.2) is 6.07 Å². The van der Waals surface area contributed by atoms with Gasteiger partial charge in [0, 0.05) is 43.6 Å². The summed E-state index contributed by atoms with van der Waals surface area (Å²) < 4.78 is 0. The number of hydrogen-bond acceptors (Lipinski definition) is 4. The maximum Gasteiger partial charge on any atom is 0.264 e. The first-order chi connectivity index (χ1) is 11.6. The molecule has 0 aliphatic carbocycles. The third kappa shape index (κ3) is 4.01. The average molecular weight is 350 g/mol. The van der Waals surface area contributed by atoms with E-state index in [1.807, 2.05) is 4.90 Å². The van der Waals surface area contributed by atoms with Gasteiger partial charge in [-0.15, -0.1) is 11.3 Å². The first-order valence-electron chi connectivity index (χ1n) is 9.39. The lowest BCUT2D eigenvalue weighted by Crippen LogP contribution is -2.52. The van der Waals surface area contributed by atoms with Gasteiger partial charge in [0.25, 0.3) is 5.91 Å². The number of piperidine rings is 1. The van der Waals surface area contributed by atoms with Gasteiger partial charge >= 0.3 is 0 Å². The molecule has 0 aromatic carbocycles. The third-order valence-corrected chi connectivity index (χ3v) is 6.97. The zero-order valence-corrected chi connectivity index (χ0v) is 16.2. The first kappa shape index (κ1) is 17.9. The van der Waals surface area contributed by atoms with E-state index in [2.05, 4.69) is 36.8 Å². The molecule has 0 bridgehead atoms. The second kappa shape index (κ2) is 7.98. The third-order valence-electron chi connectivity index (χ3n) is 5.60. The van der Waals surface area contributed by atoms with Crippen LogP contribution in [0.5, 0.6) is 0 Å². The lowest BCUT2D eigenvalue weighted by molar-refractivity contribution is 0.0569. The summed E-state index contributed by atoms with van der Waals surface area (Å²) in [6, 6.07) is 2.78. The summed E-state index contributed by atoms with van der Waals surface area (Å²) in [4.78, 5) is 22.1. The SMILES string of the molecule is CCc1sc(C(=O)N2CCN(C[C@H]3CCCCN3C)CC2)cc1C. The molecule has 5 heteroatoms. The van der Waals surface area contributed by atoms with Gasteiger partial charge in [-0.3, -0.25) is 9.69 Å². The van der Waals surface area contributed by atoms with E-state index >= 15 is 0 Å². The van der Waals surface area contributed by atoms with Crippen molar-refractivity contribution >= 4 is 17.2 Å². The number of likely N-dealkylation sites (N-methyl/N-ethyl adjacent to an activating group) is 1. The van der Waals surface area contributed by atoms with Crippen LogP contribution in [0.4, 0.5) is 0 Å². The van der Waals surface area contributed by atoms with Crippen LogP contribution in [0.1, 0.15) is 46.3 Å². The van der Waals surface area contributed by atoms with E-state index in [1.54, 1.807) is 11.3 Å². The number of piperazine rings is 1. The smallest absolute Gasteiger partial charge is 0.264 e. The minimum atomic E-state index is 0.234. The van der Waals surface area contributed by atoms with Gasteiger partial charge in [0.05, 0.1) is 4.88 Å². The molecule has 134 valence electrons. The molecule has 0 N–H and O–H groups in total. The van der Waals surface area contributed by atoms with Crippen LogP contribution in [0.2, 0.25) is 0 Å². The Kier molecular flexibility index (Phi) is 5.95. The molecule has 2 saturated heterocycles. The molecule has 0 unspecified atom stereocenters. The standard InChI is InChI=1S/C19H31N3OS/c1-4-17-15(2)13-18(24-17)19(23)22-11-9-21(10-12-22)14-16-7-5-6-8-20(16)3/h13,16H,4-12,14H2,1-3H3/t16-/m1/s1. The van der Waals surface area contributed by atoms with E-state index in [-0.39, 0.29) is 5.91 Å². The summed E-state index contributed by atoms with van der Waals surface area (Å²) in [5, 5.41) is 0. The van der Waals surface area contributed by atoms with Crippen molar-refractivity contribution < 1.29 is 4.79 Å². The second-order valence-corrected chi connectivity index (χ2v) is 8.43. The number of likely N-dealkylation sites (tertiary alicyclic amines) is 1. The van der Waals surface area contributed by atoms with Crippen LogP contribution >= 0.6 is 11.3 Å². The highest BCUT2D eigenvalue weighted by molar-refractivity contribution is 7.14. The molecule has 3 rings (SSSR count). The molecule has 1 aromatic heterocycles. The molecule has 2 fully saturated rings. The van der Waals surface area contributed by atoms with Gasteiger partial charge < -0.3 is 9.80 Å². The molecule has 2 aliphatic heterocycles. The van der Waals surface area contributed by atoms with E-state index in [9.17, 15) is 4.79 Å². The van der Waals surface area contributed by atoms with Crippen molar-refractivity contribution in [2.45, 2.75) is 45.6 Å². The summed E-state index contributed by atoms with van der Waals surface area (Å²) in [6.45, 7) is 10.4. The van der Waals surface area contributed by atoms with E-state index in [1.165, 1.54) is 36.2 Å². The molecular weight excluding hydrogens is 318 g/mol. The van der Waals surface area contributed by atoms with E-state index in [4.69, 9.17) is 0 Å². The van der Waals surface area contributed by atoms with Crippen molar-refractivity contribution in [3.8, 4) is 0 Å². The van der Waals surface area contributed by atoms with E-state index < -0.39 is 0 Å². The van der Waals surface area contributed by atoms with Crippen LogP contribution in [-0.4, -0.2) is 73.0 Å². The molecule has 1 amide bonds. The normalized spacial score (nSPS) is 23.6. The number of carbonyl (C=O) groups is 1. The Morgan fingerprint density at radius 1 is 1.21 bits per heavy atom. The minimum Gasteiger partial charge on any atom is -0.335 e. The molecule has 0 saturated carbocycles. The molecule has 2 aliphatic rings. The van der Waals surface area contributed by atoms with Gasteiger partial charge in [0.2, 0.25) is 0 Å². The highest BCUT2D eigenvalue weighted by Gasteiger charge is 2.27. The number of amides is 1. The van der Waals surface area contributed by atoms with Crippen molar-refractivity contribution in [2.75, 3.05) is 46.3 Å². The van der Waals surface area contributed by atoms with Gasteiger partial charge in [0.1, 0.15) is 0 Å². The number of nitrogens with zero attached hydrogens (tertiary/aromatic N) is 3. The lowest BCUT2D eigenvalue weighted by Gasteiger charge is -2.40. The molecule has 1 aromatic rings. The number of aryl methyl sites for hydroxylation is 2. The Balaban J connectivity index is 1.51. The topological polar surface area (TPSA) is 26.8 Å². The van der Waals surface area contributed by atoms with E-state index in [0.29, 0.717) is 6.04 Å². The van der Waals surface area contributed by atoms with Gasteiger partial charge in [-0.05, 0) is 51.4 Å². The Labute approximate surface area is 150 Å². The van der Waals surface area contributed by atoms with Crippen molar-refractivity contribution in [2.24, 2.45) is 0 Å². The van der Waals surface area contributed by atoms with Crippen LogP contribution in [0.3, 0.4) is 0 Å². The highest BCUT2D eigenvalue weighted by Crippen LogP contribution is 2.24. The summed E-state index contributed by atoms with van der Waals surface area (Å²) in [5.74, 6) is 0.234. The molecule has 1 atom stereocenters. The number of hydrogen-bond donors (Lipinski definition) is 0. The van der Waals surface area contributed by atoms with Gasteiger partial charge in [-0.2, -0.15) is 0 Å². The zero-order valence-electron chi connectivity index (χ0n) is 15.4. The van der Waals surface area contributed by atoms with Gasteiger partial charge in [0.15, 0.2) is 0 Å². The fourth-order valence-corrected chi connectivity index (χ4v) is 5.02. The van der Waals surface area contributed by atoms with Crippen molar-refractivity contribution in [3.63, 3.8) is 0 Å². The molecular formula is C19H31N3OS. The Bertz CT molecular complexity index is 563. The summed E-state index contributed by atoms with van der Waals surface area (Å²) >= 11 is 1.68. The molecule has 24 heavy (non-hydrogen) atoms. The summed E-state index contributed by atoms with van der Waals surface area (Å²) in [7, 11) is 2.26. The summed E-state index contributed by atoms with van der Waals surface area (Å²) in [6.07, 6.45) is 5.05. The molecule has 4 nitrogen and oxygen atoms in total. The first-order valence-corrected chi connectivity index (χ1v) is 10.2. The fraction of sp³-hybridized carbons (Fsp3) is 0.737. The average Bonchev–Trinajstić information content (AvgIpc) is 2.98. The van der Waals surface area contributed by atoms with E-state index in [0.717, 1.165) is 44.0 Å². The highest BCUT2D eigenvalue weighted by atomic mass is 32.1. The largest absolute Gasteiger partial charge is 0.335 e. The summed E-state index contributed by atoms with van der Waals surface area (Å²) in [5.41, 5.74) is 1.27. The lowest BCUT2D eigenvalue weighted by atomic mass is 10.0. The Morgan fingerprint density at radius 3 is 2.58 bits per heavy atom. The number of thiophene rings is 1. The Morgan fingerprint density at radius 2 is 1.96 bits per heavy atom. The predicted molar refractivity (Wildman–Crippen MR) is 101 cm³/mol. The van der Waals surface area contributed by atoms with Crippen molar-refractivity contribution in [3.05, 3.63) is 21.4 Å². The second-order valence-electron chi connectivity index (χ2n) is 7.29. The monoisotopic (exact) mass is 349 g/mol. The minimum absolute atomic E-state index is 0.234. The Hall–Kier alpha value is -0.910. The van der Waals surface area contributed by atoms with Crippen molar-refractivity contribution in [1.82, 2.24) is 14.7 Å². The van der Waals surface area contributed by atoms with Crippen molar-refractivity contribution in [1.29, 1.82) is 0 Å². The quantitative estimate of drug-likeness (QED) is 0.836. The van der Waals surface area contributed by atoms with Crippen LogP contribution < -0.4 is 0 Å². The number of rotatable bonds is 4. The van der Waals surface area contributed by atoms with Gasteiger partial charge in [-0.25, -0.2) is 0 Å². The molecule has 0 spiro atoms. The van der Waals surface area contributed by atoms with Crippen LogP contribution in [-0.2, 0) is 6.42 Å². The fourth-order valence-electron chi connectivity index (χ4n) is 3.94. The zero-order chi connectivity index (χ0) is 17.1. The molecule has 0 radical (unpaired) electrons. The van der Waals surface area contributed by atoms with Crippen LogP contribution in [0, 0.1) is 6.92 Å². The maximum absolute atomic E-state index is 12.7. The van der Waals surface area contributed by atoms with Crippen LogP contribution in [0.25, 0.3) is 0 Å². The predicted octanol–water partition coefficient (Wildman–Crippen LogP) is 2.86. The maximum atomic E-state index is 12.7.